The molecule has 1 heterocycles. The number of thiazole rings is 1. The number of aromatic nitrogens is 1. The lowest BCUT2D eigenvalue weighted by atomic mass is 10.3. The highest BCUT2D eigenvalue weighted by Gasteiger charge is 1.87. The fraction of sp³-hybridized carbons (Fsp3) is 0.0833. The van der Waals surface area contributed by atoms with Gasteiger partial charge < -0.3 is 5.32 Å². The lowest BCUT2D eigenvalue weighted by Crippen LogP contribution is -1.96. The van der Waals surface area contributed by atoms with Gasteiger partial charge in [0.25, 0.3) is 0 Å². The van der Waals surface area contributed by atoms with Crippen molar-refractivity contribution in [3.05, 3.63) is 53.0 Å². The van der Waals surface area contributed by atoms with Crippen molar-refractivity contribution in [1.29, 1.82) is 0 Å². The molecule has 0 atom stereocenters. The van der Waals surface area contributed by atoms with E-state index in [4.69, 9.17) is 0 Å². The van der Waals surface area contributed by atoms with Crippen molar-refractivity contribution in [2.24, 2.45) is 0 Å². The van der Waals surface area contributed by atoms with Gasteiger partial charge in [-0.05, 0) is 18.2 Å². The zero-order valence-electron chi connectivity index (χ0n) is 8.26. The number of nitrogens with zero attached hydrogens (tertiary/aromatic N) is 1. The Morgan fingerprint density at radius 3 is 2.87 bits per heavy atom. The van der Waals surface area contributed by atoms with Crippen LogP contribution in [0.1, 0.15) is 5.01 Å². The molecule has 0 amide bonds. The lowest BCUT2D eigenvalue weighted by molar-refractivity contribution is 1.33. The van der Waals surface area contributed by atoms with Gasteiger partial charge in [0.2, 0.25) is 0 Å². The van der Waals surface area contributed by atoms with Crippen molar-refractivity contribution >= 4 is 23.1 Å². The fourth-order valence-corrected chi connectivity index (χ4v) is 1.77. The Morgan fingerprint density at radius 1 is 1.27 bits per heavy atom. The second-order valence-electron chi connectivity index (χ2n) is 3.02. The van der Waals surface area contributed by atoms with Gasteiger partial charge in [-0.25, -0.2) is 4.98 Å². The summed E-state index contributed by atoms with van der Waals surface area (Å²) in [6.45, 7) is 0.823. The molecular formula is C12H12N2S. The highest BCUT2D eigenvalue weighted by molar-refractivity contribution is 7.10. The van der Waals surface area contributed by atoms with Gasteiger partial charge in [0.15, 0.2) is 0 Å². The number of hydrogen-bond acceptors (Lipinski definition) is 3. The minimum absolute atomic E-state index is 0.823. The smallest absolute Gasteiger partial charge is 0.115 e. The molecule has 15 heavy (non-hydrogen) atoms. The number of benzene rings is 1. The van der Waals surface area contributed by atoms with Crippen molar-refractivity contribution in [3.63, 3.8) is 0 Å². The van der Waals surface area contributed by atoms with Gasteiger partial charge in [-0.3, -0.25) is 0 Å². The Hall–Kier alpha value is -1.61. The molecular weight excluding hydrogens is 204 g/mol. The molecule has 0 spiro atoms. The highest BCUT2D eigenvalue weighted by Crippen LogP contribution is 2.07. The van der Waals surface area contributed by atoms with Crippen LogP contribution in [0.2, 0.25) is 0 Å². The van der Waals surface area contributed by atoms with E-state index in [1.54, 1.807) is 11.3 Å². The first-order chi connectivity index (χ1) is 7.45. The first kappa shape index (κ1) is 9.93. The van der Waals surface area contributed by atoms with Crippen LogP contribution in [-0.4, -0.2) is 11.5 Å². The summed E-state index contributed by atoms with van der Waals surface area (Å²) < 4.78 is 0. The highest BCUT2D eigenvalue weighted by atomic mass is 32.1. The van der Waals surface area contributed by atoms with Gasteiger partial charge in [0, 0.05) is 23.8 Å². The number of nitrogens with one attached hydrogen (secondary N) is 1. The molecule has 76 valence electrons. The summed E-state index contributed by atoms with van der Waals surface area (Å²) in [5, 5.41) is 6.32. The predicted octanol–water partition coefficient (Wildman–Crippen LogP) is 3.27. The molecule has 1 N–H and O–H groups in total. The summed E-state index contributed by atoms with van der Waals surface area (Å²) in [5.74, 6) is 0. The molecule has 0 fully saturated rings. The van der Waals surface area contributed by atoms with Crippen molar-refractivity contribution in [2.45, 2.75) is 0 Å². The molecule has 0 radical (unpaired) electrons. The monoisotopic (exact) mass is 216 g/mol. The van der Waals surface area contributed by atoms with E-state index in [2.05, 4.69) is 28.5 Å². The van der Waals surface area contributed by atoms with Crippen LogP contribution in [0, 0.1) is 0 Å². The summed E-state index contributed by atoms with van der Waals surface area (Å²) in [7, 11) is 0. The summed E-state index contributed by atoms with van der Waals surface area (Å²) in [4.78, 5) is 4.16. The lowest BCUT2D eigenvalue weighted by Gasteiger charge is -2.00. The van der Waals surface area contributed by atoms with Crippen LogP contribution in [0.4, 0.5) is 5.69 Å². The van der Waals surface area contributed by atoms with Crippen molar-refractivity contribution < 1.29 is 0 Å². The molecule has 3 heteroatoms. The van der Waals surface area contributed by atoms with E-state index in [1.807, 2.05) is 35.9 Å². The average Bonchev–Trinajstić information content (AvgIpc) is 2.79. The predicted molar refractivity (Wildman–Crippen MR) is 66.1 cm³/mol. The van der Waals surface area contributed by atoms with Gasteiger partial charge in [-0.15, -0.1) is 11.3 Å². The second kappa shape index (κ2) is 5.32. The molecule has 2 aromatic rings. The minimum Gasteiger partial charge on any atom is -0.382 e. The fourth-order valence-electron chi connectivity index (χ4n) is 1.21. The zero-order valence-corrected chi connectivity index (χ0v) is 9.08. The van der Waals surface area contributed by atoms with E-state index in [0.717, 1.165) is 17.2 Å². The van der Waals surface area contributed by atoms with Crippen LogP contribution in [0.15, 0.2) is 48.0 Å². The van der Waals surface area contributed by atoms with Gasteiger partial charge in [0.05, 0.1) is 0 Å². The number of anilines is 1. The number of para-hydroxylation sites is 1. The molecule has 2 nitrogen and oxygen atoms in total. The van der Waals surface area contributed by atoms with E-state index >= 15 is 0 Å². The van der Waals surface area contributed by atoms with Crippen molar-refractivity contribution in [1.82, 2.24) is 4.98 Å². The van der Waals surface area contributed by atoms with E-state index in [0.29, 0.717) is 0 Å². The molecule has 0 saturated heterocycles. The molecule has 2 rings (SSSR count). The van der Waals surface area contributed by atoms with E-state index in [-0.39, 0.29) is 0 Å². The molecule has 0 aliphatic carbocycles. The number of hydrogen-bond donors (Lipinski definition) is 1. The number of rotatable bonds is 4. The second-order valence-corrected chi connectivity index (χ2v) is 3.95. The topological polar surface area (TPSA) is 24.9 Å². The van der Waals surface area contributed by atoms with Crippen LogP contribution < -0.4 is 5.32 Å². The molecule has 0 aliphatic heterocycles. The molecule has 0 bridgehead atoms. The quantitative estimate of drug-likeness (QED) is 0.848. The Kier molecular flexibility index (Phi) is 3.52. The van der Waals surface area contributed by atoms with Crippen LogP contribution in [-0.2, 0) is 0 Å². The largest absolute Gasteiger partial charge is 0.382 e. The molecule has 0 aliphatic rings. The van der Waals surface area contributed by atoms with Gasteiger partial charge in [0.1, 0.15) is 5.01 Å². The van der Waals surface area contributed by atoms with E-state index in [1.165, 1.54) is 0 Å². The minimum atomic E-state index is 0.823. The molecule has 0 saturated carbocycles. The Balaban J connectivity index is 1.80. The van der Waals surface area contributed by atoms with Crippen LogP contribution in [0.25, 0.3) is 6.08 Å². The van der Waals surface area contributed by atoms with Gasteiger partial charge >= 0.3 is 0 Å². The molecule has 0 unspecified atom stereocenters. The van der Waals surface area contributed by atoms with Gasteiger partial charge in [-0.2, -0.15) is 0 Å². The van der Waals surface area contributed by atoms with Crippen LogP contribution in [0.3, 0.4) is 0 Å². The van der Waals surface area contributed by atoms with Crippen molar-refractivity contribution in [3.8, 4) is 0 Å². The van der Waals surface area contributed by atoms with Crippen LogP contribution >= 0.6 is 11.3 Å². The summed E-state index contributed by atoms with van der Waals surface area (Å²) >= 11 is 1.64. The third-order valence-electron chi connectivity index (χ3n) is 1.91. The Bertz CT molecular complexity index is 406. The van der Waals surface area contributed by atoms with Crippen LogP contribution in [0.5, 0.6) is 0 Å². The third kappa shape index (κ3) is 3.22. The average molecular weight is 216 g/mol. The summed E-state index contributed by atoms with van der Waals surface area (Å²) in [6, 6.07) is 10.2. The molecule has 1 aromatic carbocycles. The van der Waals surface area contributed by atoms with E-state index in [9.17, 15) is 0 Å². The van der Waals surface area contributed by atoms with E-state index < -0.39 is 0 Å². The SMILES string of the molecule is C(=Cc1nccs1)CNc1ccccc1. The summed E-state index contributed by atoms with van der Waals surface area (Å²) in [5.41, 5.74) is 1.14. The van der Waals surface area contributed by atoms with Crippen molar-refractivity contribution in [2.75, 3.05) is 11.9 Å². The first-order valence-electron chi connectivity index (χ1n) is 4.80. The standard InChI is InChI=1S/C12H12N2S/c1-2-5-11(6-3-1)13-8-4-7-12-14-9-10-15-12/h1-7,9-10,13H,8H2. The molecule has 1 aromatic heterocycles. The maximum atomic E-state index is 4.16. The Morgan fingerprint density at radius 2 is 2.13 bits per heavy atom. The van der Waals surface area contributed by atoms with Gasteiger partial charge in [-0.1, -0.05) is 24.3 Å². The zero-order chi connectivity index (χ0) is 10.3. The third-order valence-corrected chi connectivity index (χ3v) is 2.65. The normalized spacial score (nSPS) is 10.7. The first-order valence-corrected chi connectivity index (χ1v) is 5.68. The maximum absolute atomic E-state index is 4.16. The maximum Gasteiger partial charge on any atom is 0.115 e. The Labute approximate surface area is 93.3 Å². The summed E-state index contributed by atoms with van der Waals surface area (Å²) in [6.07, 6.45) is 5.92.